The summed E-state index contributed by atoms with van der Waals surface area (Å²) in [6, 6.07) is 21.2. The molecule has 0 bridgehead atoms. The zero-order valence-electron chi connectivity index (χ0n) is 19.3. The van der Waals surface area contributed by atoms with Crippen molar-refractivity contribution in [3.8, 4) is 17.2 Å². The smallest absolute Gasteiger partial charge is 0.295 e. The van der Waals surface area contributed by atoms with Crippen LogP contribution in [0.2, 0.25) is 0 Å². The molecule has 1 fully saturated rings. The molecule has 0 aliphatic carbocycles. The molecule has 7 heteroatoms. The molecule has 2 aliphatic rings. The Bertz CT molecular complexity index is 1300. The fraction of sp³-hybridized carbons (Fsp3) is 0.214. The molecular weight excluding hydrogens is 446 g/mol. The summed E-state index contributed by atoms with van der Waals surface area (Å²) in [6.07, 6.45) is 0.568. The van der Waals surface area contributed by atoms with E-state index in [2.05, 4.69) is 0 Å². The molecular formula is C28H25NO6. The first-order valence-corrected chi connectivity index (χ1v) is 11.4. The van der Waals surface area contributed by atoms with Crippen molar-refractivity contribution in [2.24, 2.45) is 0 Å². The third-order valence-corrected chi connectivity index (χ3v) is 6.25. The van der Waals surface area contributed by atoms with E-state index in [9.17, 15) is 14.7 Å². The second-order valence-electron chi connectivity index (χ2n) is 8.36. The number of aliphatic hydroxyl groups excluding tert-OH is 1. The largest absolute Gasteiger partial charge is 0.507 e. The number of likely N-dealkylation sites (tertiary alicyclic amines) is 1. The first-order chi connectivity index (χ1) is 17.1. The van der Waals surface area contributed by atoms with Crippen molar-refractivity contribution in [1.82, 2.24) is 4.90 Å². The van der Waals surface area contributed by atoms with E-state index in [1.807, 2.05) is 36.4 Å². The number of Topliss-reactive ketones (excluding diaryl/α,β-unsaturated/α-hetero) is 1. The van der Waals surface area contributed by atoms with E-state index in [1.165, 1.54) is 4.90 Å². The second kappa shape index (κ2) is 9.54. The van der Waals surface area contributed by atoms with Crippen LogP contribution in [0.1, 0.15) is 22.7 Å². The average Bonchev–Trinajstić information content (AvgIpc) is 3.16. The Kier molecular flexibility index (Phi) is 6.14. The Balaban J connectivity index is 1.58. The first kappa shape index (κ1) is 22.5. The number of aliphatic hydroxyl groups is 1. The van der Waals surface area contributed by atoms with Crippen molar-refractivity contribution in [2.75, 3.05) is 26.9 Å². The number of carbonyl (C=O) groups excluding carboxylic acids is 2. The van der Waals surface area contributed by atoms with Crippen LogP contribution in [0.25, 0.3) is 5.76 Å². The molecule has 7 nitrogen and oxygen atoms in total. The van der Waals surface area contributed by atoms with Crippen LogP contribution in [0.5, 0.6) is 17.2 Å². The fourth-order valence-electron chi connectivity index (χ4n) is 4.51. The molecule has 0 saturated carbocycles. The molecule has 178 valence electrons. The van der Waals surface area contributed by atoms with Crippen LogP contribution in [0.3, 0.4) is 0 Å². The highest BCUT2D eigenvalue weighted by Gasteiger charge is 2.46. The molecule has 0 aromatic heterocycles. The molecule has 1 N–H and O–H groups in total. The summed E-state index contributed by atoms with van der Waals surface area (Å²) in [6.45, 7) is 1.15. The van der Waals surface area contributed by atoms with E-state index in [-0.39, 0.29) is 11.3 Å². The van der Waals surface area contributed by atoms with E-state index in [1.54, 1.807) is 43.5 Å². The highest BCUT2D eigenvalue weighted by molar-refractivity contribution is 6.46. The monoisotopic (exact) mass is 471 g/mol. The molecule has 0 spiro atoms. The molecule has 1 atom stereocenters. The van der Waals surface area contributed by atoms with Crippen LogP contribution in [-0.2, 0) is 16.0 Å². The third-order valence-electron chi connectivity index (χ3n) is 6.25. The minimum absolute atomic E-state index is 0.0352. The molecule has 0 radical (unpaired) electrons. The minimum atomic E-state index is -0.762. The second-order valence-corrected chi connectivity index (χ2v) is 8.36. The number of rotatable bonds is 6. The van der Waals surface area contributed by atoms with Crippen molar-refractivity contribution < 1.29 is 28.9 Å². The maximum absolute atomic E-state index is 13.3. The van der Waals surface area contributed by atoms with Crippen molar-refractivity contribution in [2.45, 2.75) is 12.5 Å². The lowest BCUT2D eigenvalue weighted by molar-refractivity contribution is -0.139. The number of hydrogen-bond acceptors (Lipinski definition) is 6. The van der Waals surface area contributed by atoms with E-state index in [0.717, 1.165) is 5.56 Å². The molecule has 1 saturated heterocycles. The summed E-state index contributed by atoms with van der Waals surface area (Å²) in [5.74, 6) is 0.0222. The number of amides is 1. The highest BCUT2D eigenvalue weighted by atomic mass is 16.6. The predicted octanol–water partition coefficient (Wildman–Crippen LogP) is 4.13. The van der Waals surface area contributed by atoms with Gasteiger partial charge in [0.05, 0.1) is 18.7 Å². The lowest BCUT2D eigenvalue weighted by Crippen LogP contribution is -2.31. The van der Waals surface area contributed by atoms with Gasteiger partial charge >= 0.3 is 0 Å². The molecule has 3 aromatic carbocycles. The van der Waals surface area contributed by atoms with E-state index in [4.69, 9.17) is 14.2 Å². The van der Waals surface area contributed by atoms with Gasteiger partial charge < -0.3 is 24.2 Å². The molecule has 1 unspecified atom stereocenters. The van der Waals surface area contributed by atoms with Gasteiger partial charge in [0, 0.05) is 12.1 Å². The summed E-state index contributed by atoms with van der Waals surface area (Å²) in [7, 11) is 1.56. The summed E-state index contributed by atoms with van der Waals surface area (Å²) >= 11 is 0. The molecule has 2 aliphatic heterocycles. The van der Waals surface area contributed by atoms with Crippen LogP contribution < -0.4 is 14.2 Å². The zero-order chi connectivity index (χ0) is 24.4. The quantitative estimate of drug-likeness (QED) is 0.331. The number of ketones is 1. The number of methoxy groups -OCH3 is 1. The van der Waals surface area contributed by atoms with Crippen LogP contribution in [0, 0.1) is 0 Å². The maximum Gasteiger partial charge on any atom is 0.295 e. The molecule has 35 heavy (non-hydrogen) atoms. The van der Waals surface area contributed by atoms with Gasteiger partial charge in [-0.3, -0.25) is 9.59 Å². The Morgan fingerprint density at radius 1 is 0.971 bits per heavy atom. The van der Waals surface area contributed by atoms with E-state index in [0.29, 0.717) is 54.6 Å². The number of nitrogens with zero attached hydrogens (tertiary/aromatic N) is 1. The Morgan fingerprint density at radius 3 is 2.51 bits per heavy atom. The number of fused-ring (bicyclic) bond motifs is 1. The fourth-order valence-corrected chi connectivity index (χ4v) is 4.51. The van der Waals surface area contributed by atoms with Gasteiger partial charge in [0.2, 0.25) is 0 Å². The zero-order valence-corrected chi connectivity index (χ0v) is 19.3. The van der Waals surface area contributed by atoms with Gasteiger partial charge in [-0.2, -0.15) is 0 Å². The number of carbonyl (C=O) groups is 2. The van der Waals surface area contributed by atoms with Gasteiger partial charge in [0.15, 0.2) is 11.5 Å². The lowest BCUT2D eigenvalue weighted by Gasteiger charge is -2.26. The summed E-state index contributed by atoms with van der Waals surface area (Å²) < 4.78 is 16.6. The van der Waals surface area contributed by atoms with Gasteiger partial charge in [0.1, 0.15) is 24.7 Å². The third kappa shape index (κ3) is 4.33. The standard InChI is InChI=1S/C28H25NO6/c1-33-21-9-5-8-19(16-21)25-24(26(30)20-10-11-22-23(17-20)35-15-14-34-22)27(31)28(32)29(25)13-12-18-6-3-2-4-7-18/h2-11,16-17,25,30H,12-15H2,1H3/b26-24-. The van der Waals surface area contributed by atoms with Crippen LogP contribution in [0.15, 0.2) is 78.4 Å². The minimum Gasteiger partial charge on any atom is -0.507 e. The highest BCUT2D eigenvalue weighted by Crippen LogP contribution is 2.41. The molecule has 1 amide bonds. The lowest BCUT2D eigenvalue weighted by atomic mass is 9.95. The summed E-state index contributed by atoms with van der Waals surface area (Å²) in [5.41, 5.74) is 2.14. The van der Waals surface area contributed by atoms with Crippen molar-refractivity contribution >= 4 is 17.4 Å². The molecule has 5 rings (SSSR count). The Labute approximate surface area is 203 Å². The predicted molar refractivity (Wildman–Crippen MR) is 130 cm³/mol. The average molecular weight is 472 g/mol. The first-order valence-electron chi connectivity index (χ1n) is 11.4. The number of benzene rings is 3. The van der Waals surface area contributed by atoms with E-state index < -0.39 is 17.7 Å². The number of hydrogen-bond donors (Lipinski definition) is 1. The molecule has 3 aromatic rings. The van der Waals surface area contributed by atoms with Gasteiger partial charge in [-0.15, -0.1) is 0 Å². The van der Waals surface area contributed by atoms with Crippen molar-refractivity contribution in [3.63, 3.8) is 0 Å². The Hall–Kier alpha value is -4.26. The topological polar surface area (TPSA) is 85.3 Å². The van der Waals surface area contributed by atoms with Gasteiger partial charge in [0.25, 0.3) is 11.7 Å². The summed E-state index contributed by atoms with van der Waals surface area (Å²) in [4.78, 5) is 28.0. The van der Waals surface area contributed by atoms with Gasteiger partial charge in [-0.1, -0.05) is 42.5 Å². The van der Waals surface area contributed by atoms with Crippen LogP contribution >= 0.6 is 0 Å². The van der Waals surface area contributed by atoms with Crippen molar-refractivity contribution in [3.05, 3.63) is 95.1 Å². The van der Waals surface area contributed by atoms with Gasteiger partial charge in [-0.25, -0.2) is 0 Å². The summed E-state index contributed by atoms with van der Waals surface area (Å²) in [5, 5.41) is 11.3. The van der Waals surface area contributed by atoms with Crippen molar-refractivity contribution in [1.29, 1.82) is 0 Å². The maximum atomic E-state index is 13.3. The Morgan fingerprint density at radius 2 is 1.74 bits per heavy atom. The number of ether oxygens (including phenoxy) is 3. The normalized spacial score (nSPS) is 18.5. The van der Waals surface area contributed by atoms with Gasteiger partial charge in [-0.05, 0) is 47.9 Å². The SMILES string of the molecule is COc1cccc(C2/C(=C(/O)c3ccc4c(c3)OCCO4)C(=O)C(=O)N2CCc2ccccc2)c1. The van der Waals surface area contributed by atoms with Crippen LogP contribution in [-0.4, -0.2) is 48.6 Å². The van der Waals surface area contributed by atoms with E-state index >= 15 is 0 Å². The van der Waals surface area contributed by atoms with Crippen LogP contribution in [0.4, 0.5) is 0 Å². The molecule has 2 heterocycles.